The van der Waals surface area contributed by atoms with E-state index in [-0.39, 0.29) is 36.1 Å². The van der Waals surface area contributed by atoms with Crippen LogP contribution in [0, 0.1) is 0 Å². The number of Topliss-reactive ketones (excluding diaryl/α,β-unsaturated/α-hetero) is 1. The van der Waals surface area contributed by atoms with Crippen molar-refractivity contribution in [2.75, 3.05) is 13.6 Å². The van der Waals surface area contributed by atoms with E-state index in [9.17, 15) is 18.0 Å². The quantitative estimate of drug-likeness (QED) is 0.470. The van der Waals surface area contributed by atoms with Crippen molar-refractivity contribution in [1.29, 1.82) is 0 Å². The molecule has 3 aromatic rings. The number of hydrogen-bond acceptors (Lipinski definition) is 6. The van der Waals surface area contributed by atoms with Gasteiger partial charge in [0, 0.05) is 31.1 Å². The first kappa shape index (κ1) is 23.4. The number of ketones is 1. The van der Waals surface area contributed by atoms with Crippen LogP contribution in [0.1, 0.15) is 36.0 Å². The predicted molar refractivity (Wildman–Crippen MR) is 119 cm³/mol. The lowest BCUT2D eigenvalue weighted by molar-refractivity contribution is -0.121. The lowest BCUT2D eigenvalue weighted by Gasteiger charge is -2.17. The molecule has 168 valence electrons. The molecular formula is C23H25N3O5S. The van der Waals surface area contributed by atoms with Crippen molar-refractivity contribution in [3.05, 3.63) is 72.2 Å². The van der Waals surface area contributed by atoms with Crippen LogP contribution in [0.5, 0.6) is 0 Å². The van der Waals surface area contributed by atoms with Crippen LogP contribution >= 0.6 is 0 Å². The number of oxazole rings is 1. The summed E-state index contributed by atoms with van der Waals surface area (Å²) in [6, 6.07) is 15.3. The minimum absolute atomic E-state index is 0.104. The molecule has 0 saturated heterocycles. The second-order valence-corrected chi connectivity index (χ2v) is 9.32. The fourth-order valence-corrected chi connectivity index (χ4v) is 4.22. The molecule has 1 amide bonds. The molecular weight excluding hydrogens is 430 g/mol. The Hall–Kier alpha value is -3.30. The molecule has 1 heterocycles. The SMILES string of the molecule is CC(=O)c1ccc(S(=O)(=O)N(C)CCCC(=O)NCc2ncc(-c3ccccc3)o2)cc1. The third-order valence-electron chi connectivity index (χ3n) is 4.89. The zero-order chi connectivity index (χ0) is 23.1. The van der Waals surface area contributed by atoms with Crippen molar-refractivity contribution in [2.45, 2.75) is 31.2 Å². The van der Waals surface area contributed by atoms with Gasteiger partial charge in [0.1, 0.15) is 0 Å². The van der Waals surface area contributed by atoms with Gasteiger partial charge in [0.25, 0.3) is 0 Å². The predicted octanol–water partition coefficient (Wildman–Crippen LogP) is 3.26. The van der Waals surface area contributed by atoms with Crippen molar-refractivity contribution in [3.8, 4) is 11.3 Å². The Morgan fingerprint density at radius 2 is 1.75 bits per heavy atom. The third-order valence-corrected chi connectivity index (χ3v) is 6.77. The van der Waals surface area contributed by atoms with Gasteiger partial charge >= 0.3 is 0 Å². The Balaban J connectivity index is 1.45. The Morgan fingerprint density at radius 3 is 2.41 bits per heavy atom. The van der Waals surface area contributed by atoms with Crippen LogP contribution in [0.3, 0.4) is 0 Å². The van der Waals surface area contributed by atoms with E-state index in [2.05, 4.69) is 10.3 Å². The van der Waals surface area contributed by atoms with E-state index in [1.54, 1.807) is 6.20 Å². The molecule has 0 unspecified atom stereocenters. The van der Waals surface area contributed by atoms with Crippen LogP contribution in [-0.4, -0.2) is 43.0 Å². The number of carbonyl (C=O) groups is 2. The van der Waals surface area contributed by atoms with Crippen molar-refractivity contribution < 1.29 is 22.4 Å². The van der Waals surface area contributed by atoms with Gasteiger partial charge in [0.05, 0.1) is 17.6 Å². The van der Waals surface area contributed by atoms with Gasteiger partial charge in [-0.1, -0.05) is 42.5 Å². The van der Waals surface area contributed by atoms with Gasteiger partial charge < -0.3 is 9.73 Å². The number of sulfonamides is 1. The second kappa shape index (κ2) is 10.3. The Morgan fingerprint density at radius 1 is 1.06 bits per heavy atom. The van der Waals surface area contributed by atoms with Crippen LogP contribution in [0.15, 0.2) is 70.1 Å². The number of nitrogens with zero attached hydrogens (tertiary/aromatic N) is 2. The first-order chi connectivity index (χ1) is 15.3. The van der Waals surface area contributed by atoms with Crippen LogP contribution in [0.2, 0.25) is 0 Å². The van der Waals surface area contributed by atoms with Crippen LogP contribution in [0.25, 0.3) is 11.3 Å². The molecule has 1 N–H and O–H groups in total. The molecule has 0 aliphatic carbocycles. The number of nitrogens with one attached hydrogen (secondary N) is 1. The fourth-order valence-electron chi connectivity index (χ4n) is 3.01. The van der Waals surface area contributed by atoms with Gasteiger partial charge in [0.2, 0.25) is 21.8 Å². The summed E-state index contributed by atoms with van der Waals surface area (Å²) in [5.74, 6) is 0.666. The first-order valence-electron chi connectivity index (χ1n) is 10.1. The lowest BCUT2D eigenvalue weighted by Crippen LogP contribution is -2.29. The van der Waals surface area contributed by atoms with Crippen molar-refractivity contribution in [2.24, 2.45) is 0 Å². The zero-order valence-corrected chi connectivity index (χ0v) is 18.8. The summed E-state index contributed by atoms with van der Waals surface area (Å²) in [7, 11) is -2.23. The van der Waals surface area contributed by atoms with E-state index in [4.69, 9.17) is 4.42 Å². The lowest BCUT2D eigenvalue weighted by atomic mass is 10.2. The summed E-state index contributed by atoms with van der Waals surface area (Å²) in [5.41, 5.74) is 1.35. The van der Waals surface area contributed by atoms with E-state index < -0.39 is 10.0 Å². The monoisotopic (exact) mass is 455 g/mol. The summed E-state index contributed by atoms with van der Waals surface area (Å²) in [4.78, 5) is 27.7. The molecule has 0 bridgehead atoms. The maximum absolute atomic E-state index is 12.6. The smallest absolute Gasteiger partial charge is 0.242 e. The highest BCUT2D eigenvalue weighted by Crippen LogP contribution is 2.19. The summed E-state index contributed by atoms with van der Waals surface area (Å²) < 4.78 is 32.1. The average molecular weight is 456 g/mol. The molecule has 0 aliphatic rings. The highest BCUT2D eigenvalue weighted by molar-refractivity contribution is 7.89. The number of rotatable bonds is 10. The van der Waals surface area contributed by atoms with E-state index in [1.165, 1.54) is 42.5 Å². The molecule has 0 fully saturated rings. The van der Waals surface area contributed by atoms with E-state index >= 15 is 0 Å². The Bertz CT molecular complexity index is 1170. The molecule has 0 aliphatic heterocycles. The molecule has 32 heavy (non-hydrogen) atoms. The minimum Gasteiger partial charge on any atom is -0.439 e. The molecule has 0 radical (unpaired) electrons. The zero-order valence-electron chi connectivity index (χ0n) is 17.9. The molecule has 9 heteroatoms. The number of amides is 1. The number of carbonyl (C=O) groups excluding carboxylic acids is 2. The van der Waals surface area contributed by atoms with Crippen molar-refractivity contribution in [1.82, 2.24) is 14.6 Å². The molecule has 0 spiro atoms. The summed E-state index contributed by atoms with van der Waals surface area (Å²) >= 11 is 0. The maximum Gasteiger partial charge on any atom is 0.242 e. The van der Waals surface area contributed by atoms with Gasteiger partial charge in [-0.2, -0.15) is 0 Å². The maximum atomic E-state index is 12.6. The summed E-state index contributed by atoms with van der Waals surface area (Å²) in [5, 5.41) is 2.73. The molecule has 1 aromatic heterocycles. The Labute approximate surface area is 187 Å². The van der Waals surface area contributed by atoms with Gasteiger partial charge in [-0.15, -0.1) is 0 Å². The highest BCUT2D eigenvalue weighted by Gasteiger charge is 2.21. The highest BCUT2D eigenvalue weighted by atomic mass is 32.2. The topological polar surface area (TPSA) is 110 Å². The van der Waals surface area contributed by atoms with Crippen LogP contribution in [-0.2, 0) is 21.4 Å². The normalized spacial score (nSPS) is 11.5. The molecule has 0 saturated carbocycles. The molecule has 3 rings (SSSR count). The summed E-state index contributed by atoms with van der Waals surface area (Å²) in [6.45, 7) is 1.76. The van der Waals surface area contributed by atoms with Crippen LogP contribution < -0.4 is 5.32 Å². The van der Waals surface area contributed by atoms with Crippen molar-refractivity contribution in [3.63, 3.8) is 0 Å². The first-order valence-corrected chi connectivity index (χ1v) is 11.6. The molecule has 8 nitrogen and oxygen atoms in total. The van der Waals surface area contributed by atoms with E-state index in [0.29, 0.717) is 23.6 Å². The average Bonchev–Trinajstić information content (AvgIpc) is 3.27. The van der Waals surface area contributed by atoms with E-state index in [1.807, 2.05) is 30.3 Å². The van der Waals surface area contributed by atoms with Crippen molar-refractivity contribution >= 4 is 21.7 Å². The van der Waals surface area contributed by atoms with Gasteiger partial charge in [-0.3, -0.25) is 9.59 Å². The summed E-state index contributed by atoms with van der Waals surface area (Å²) in [6.07, 6.45) is 2.13. The minimum atomic E-state index is -3.69. The number of benzene rings is 2. The van der Waals surface area contributed by atoms with Gasteiger partial charge in [-0.25, -0.2) is 17.7 Å². The molecule has 0 atom stereocenters. The standard InChI is InChI=1S/C23H25N3O5S/c1-17(27)18-10-12-20(13-11-18)32(29,30)26(2)14-6-9-22(28)24-16-23-25-15-21(31-23)19-7-4-3-5-8-19/h3-5,7-8,10-13,15H,6,9,14,16H2,1-2H3,(H,24,28). The largest absolute Gasteiger partial charge is 0.439 e. The number of hydrogen-bond donors (Lipinski definition) is 1. The fraction of sp³-hybridized carbons (Fsp3) is 0.261. The molecule has 2 aromatic carbocycles. The van der Waals surface area contributed by atoms with Crippen LogP contribution in [0.4, 0.5) is 0 Å². The third kappa shape index (κ3) is 5.89. The van der Waals surface area contributed by atoms with Gasteiger partial charge in [-0.05, 0) is 25.5 Å². The van der Waals surface area contributed by atoms with E-state index in [0.717, 1.165) is 5.56 Å². The Kier molecular flexibility index (Phi) is 7.55. The van der Waals surface area contributed by atoms with Gasteiger partial charge in [0.15, 0.2) is 11.5 Å². The number of aromatic nitrogens is 1. The second-order valence-electron chi connectivity index (χ2n) is 7.27.